The van der Waals surface area contributed by atoms with Crippen molar-refractivity contribution in [3.8, 4) is 0 Å². The molecule has 0 radical (unpaired) electrons. The molecule has 86 valence electrons. The maximum atomic E-state index is 11.8. The zero-order valence-corrected chi connectivity index (χ0v) is 11.9. The molecule has 4 heteroatoms. The molecule has 0 fully saturated rings. The summed E-state index contributed by atoms with van der Waals surface area (Å²) in [5, 5.41) is 0. The zero-order valence-electron chi connectivity index (χ0n) is 9.71. The van der Waals surface area contributed by atoms with Crippen LogP contribution in [0.3, 0.4) is 0 Å². The average Bonchev–Trinajstić information content (AvgIpc) is 2.06. The van der Waals surface area contributed by atoms with Gasteiger partial charge < -0.3 is 4.74 Å². The summed E-state index contributed by atoms with van der Waals surface area (Å²) < 4.78 is 6.54. The van der Waals surface area contributed by atoms with E-state index in [1.165, 1.54) is 3.58 Å². The van der Waals surface area contributed by atoms with E-state index < -0.39 is 5.60 Å². The fourth-order valence-electron chi connectivity index (χ4n) is 1.38. The molecule has 1 aliphatic heterocycles. The summed E-state index contributed by atoms with van der Waals surface area (Å²) in [5.41, 5.74) is -0.423. The van der Waals surface area contributed by atoms with Crippen molar-refractivity contribution in [1.82, 2.24) is 4.90 Å². The minimum atomic E-state index is -0.423. The normalized spacial score (nSPS) is 22.3. The molecule has 1 aliphatic rings. The Labute approximate surface area is 105 Å². The predicted molar refractivity (Wildman–Crippen MR) is 68.9 cm³/mol. The Morgan fingerprint density at radius 3 is 2.73 bits per heavy atom. The van der Waals surface area contributed by atoms with Crippen LogP contribution in [0.1, 0.15) is 40.5 Å². The van der Waals surface area contributed by atoms with Crippen LogP contribution in [-0.2, 0) is 4.74 Å². The van der Waals surface area contributed by atoms with Crippen LogP contribution in [0, 0.1) is 0 Å². The van der Waals surface area contributed by atoms with E-state index in [0.717, 1.165) is 12.8 Å². The molecule has 0 aromatic heterocycles. The molecular formula is C11H18INO2. The molecule has 0 aromatic rings. The maximum absolute atomic E-state index is 11.8. The predicted octanol–water partition coefficient (Wildman–Crippen LogP) is 3.68. The van der Waals surface area contributed by atoms with Crippen LogP contribution in [0.4, 0.5) is 4.79 Å². The number of hydrogen-bond acceptors (Lipinski definition) is 2. The Kier molecular flexibility index (Phi) is 4.03. The molecule has 3 nitrogen and oxygen atoms in total. The fourth-order valence-corrected chi connectivity index (χ4v) is 1.99. The van der Waals surface area contributed by atoms with Gasteiger partial charge in [0.05, 0.1) is 0 Å². The minimum Gasteiger partial charge on any atom is -0.443 e. The molecule has 0 saturated carbocycles. The lowest BCUT2D eigenvalue weighted by molar-refractivity contribution is 0.0264. The molecule has 0 spiro atoms. The molecule has 0 saturated heterocycles. The van der Waals surface area contributed by atoms with Gasteiger partial charge in [0.25, 0.3) is 0 Å². The molecule has 1 rings (SSSR count). The fraction of sp³-hybridized carbons (Fsp3) is 0.727. The molecule has 0 aromatic carbocycles. The Morgan fingerprint density at radius 1 is 1.60 bits per heavy atom. The molecule has 1 amide bonds. The highest BCUT2D eigenvalue weighted by Crippen LogP contribution is 2.26. The molecule has 0 aliphatic carbocycles. The first-order valence-electron chi connectivity index (χ1n) is 5.17. The van der Waals surface area contributed by atoms with Crippen LogP contribution in [0.2, 0.25) is 0 Å². The van der Waals surface area contributed by atoms with Crippen molar-refractivity contribution >= 4 is 28.7 Å². The first-order chi connectivity index (χ1) is 6.79. The lowest BCUT2D eigenvalue weighted by Gasteiger charge is -2.32. The largest absolute Gasteiger partial charge is 0.443 e. The van der Waals surface area contributed by atoms with Gasteiger partial charge in [0.2, 0.25) is 0 Å². The summed E-state index contributed by atoms with van der Waals surface area (Å²) in [6.07, 6.45) is 3.71. The monoisotopic (exact) mass is 323 g/mol. The van der Waals surface area contributed by atoms with Crippen molar-refractivity contribution in [2.24, 2.45) is 0 Å². The van der Waals surface area contributed by atoms with E-state index in [2.05, 4.69) is 22.6 Å². The lowest BCUT2D eigenvalue weighted by Crippen LogP contribution is -2.40. The Hall–Kier alpha value is -0.260. The lowest BCUT2D eigenvalue weighted by atomic mass is 10.1. The number of rotatable bonds is 0. The van der Waals surface area contributed by atoms with E-state index in [0.29, 0.717) is 0 Å². The first-order valence-corrected chi connectivity index (χ1v) is 6.25. The quantitative estimate of drug-likeness (QED) is 0.637. The van der Waals surface area contributed by atoms with Gasteiger partial charge in [-0.15, -0.1) is 0 Å². The molecule has 1 unspecified atom stereocenters. The van der Waals surface area contributed by atoms with Gasteiger partial charge in [-0.2, -0.15) is 0 Å². The van der Waals surface area contributed by atoms with Crippen molar-refractivity contribution < 1.29 is 9.53 Å². The molecule has 15 heavy (non-hydrogen) atoms. The van der Waals surface area contributed by atoms with Crippen LogP contribution in [-0.4, -0.2) is 22.6 Å². The molecular weight excluding hydrogens is 305 g/mol. The standard InChI is InChI=1S/C11H18INO2/c1-8-5-6-9(12)7-13(8)10(14)15-11(2,3)4/h7-8H,5-6H2,1-4H3. The van der Waals surface area contributed by atoms with Gasteiger partial charge in [0.1, 0.15) is 5.60 Å². The third-order valence-corrected chi connectivity index (χ3v) is 2.98. The third-order valence-electron chi connectivity index (χ3n) is 2.16. The van der Waals surface area contributed by atoms with Crippen LogP contribution < -0.4 is 0 Å². The number of carbonyl (C=O) groups is 1. The van der Waals surface area contributed by atoms with Crippen molar-refractivity contribution in [3.63, 3.8) is 0 Å². The number of carbonyl (C=O) groups excluding carboxylic acids is 1. The Morgan fingerprint density at radius 2 is 2.20 bits per heavy atom. The molecule has 0 bridgehead atoms. The average molecular weight is 323 g/mol. The van der Waals surface area contributed by atoms with E-state index in [1.807, 2.05) is 33.9 Å². The van der Waals surface area contributed by atoms with E-state index in [9.17, 15) is 4.79 Å². The number of nitrogens with zero attached hydrogens (tertiary/aromatic N) is 1. The van der Waals surface area contributed by atoms with Crippen LogP contribution in [0.15, 0.2) is 9.78 Å². The zero-order chi connectivity index (χ0) is 11.6. The van der Waals surface area contributed by atoms with Crippen molar-refractivity contribution in [1.29, 1.82) is 0 Å². The molecule has 1 heterocycles. The van der Waals surface area contributed by atoms with Gasteiger partial charge in [0.15, 0.2) is 0 Å². The second-order valence-corrected chi connectivity index (χ2v) is 6.24. The highest BCUT2D eigenvalue weighted by atomic mass is 127. The summed E-state index contributed by atoms with van der Waals surface area (Å²) in [5.74, 6) is 0. The van der Waals surface area contributed by atoms with E-state index in [1.54, 1.807) is 4.90 Å². The SMILES string of the molecule is CC1CCC(I)=CN1C(=O)OC(C)(C)C. The summed E-state index contributed by atoms with van der Waals surface area (Å²) >= 11 is 2.26. The van der Waals surface area contributed by atoms with E-state index in [4.69, 9.17) is 4.74 Å². The van der Waals surface area contributed by atoms with Gasteiger partial charge in [-0.25, -0.2) is 4.79 Å². The second kappa shape index (κ2) is 4.72. The van der Waals surface area contributed by atoms with Gasteiger partial charge in [0, 0.05) is 15.8 Å². The summed E-state index contributed by atoms with van der Waals surface area (Å²) in [7, 11) is 0. The van der Waals surface area contributed by atoms with Crippen molar-refractivity contribution in [3.05, 3.63) is 9.78 Å². The van der Waals surface area contributed by atoms with Crippen LogP contribution in [0.5, 0.6) is 0 Å². The van der Waals surface area contributed by atoms with Gasteiger partial charge in [-0.1, -0.05) is 0 Å². The summed E-state index contributed by atoms with van der Waals surface area (Å²) in [6.45, 7) is 7.69. The number of amides is 1. The highest BCUT2D eigenvalue weighted by molar-refractivity contribution is 14.1. The topological polar surface area (TPSA) is 29.5 Å². The van der Waals surface area contributed by atoms with Gasteiger partial charge >= 0.3 is 6.09 Å². The van der Waals surface area contributed by atoms with E-state index >= 15 is 0 Å². The second-order valence-electron chi connectivity index (χ2n) is 4.85. The number of ether oxygens (including phenoxy) is 1. The van der Waals surface area contributed by atoms with Crippen molar-refractivity contribution in [2.45, 2.75) is 52.2 Å². The first kappa shape index (κ1) is 12.8. The number of hydrogen-bond donors (Lipinski definition) is 0. The van der Waals surface area contributed by atoms with Gasteiger partial charge in [-0.05, 0) is 63.1 Å². The van der Waals surface area contributed by atoms with Crippen LogP contribution >= 0.6 is 22.6 Å². The minimum absolute atomic E-state index is 0.235. The van der Waals surface area contributed by atoms with Crippen LogP contribution in [0.25, 0.3) is 0 Å². The third kappa shape index (κ3) is 4.01. The maximum Gasteiger partial charge on any atom is 0.414 e. The summed E-state index contributed by atoms with van der Waals surface area (Å²) in [6, 6.07) is 0.235. The summed E-state index contributed by atoms with van der Waals surface area (Å²) in [4.78, 5) is 13.5. The molecule has 1 atom stereocenters. The van der Waals surface area contributed by atoms with Gasteiger partial charge in [-0.3, -0.25) is 4.90 Å². The number of allylic oxidation sites excluding steroid dienone is 1. The smallest absolute Gasteiger partial charge is 0.414 e. The van der Waals surface area contributed by atoms with E-state index in [-0.39, 0.29) is 12.1 Å². The Bertz CT molecular complexity index is 281. The highest BCUT2D eigenvalue weighted by Gasteiger charge is 2.27. The molecule has 0 N–H and O–H groups in total. The van der Waals surface area contributed by atoms with Crippen molar-refractivity contribution in [2.75, 3.05) is 0 Å². The Balaban J connectivity index is 2.70. The number of halogens is 1.